The van der Waals surface area contributed by atoms with Crippen molar-refractivity contribution in [1.82, 2.24) is 4.90 Å². The van der Waals surface area contributed by atoms with Crippen molar-refractivity contribution in [3.63, 3.8) is 0 Å². The molecule has 1 amide bonds. The first kappa shape index (κ1) is 22.1. The molecular formula is C22H28N2O5S. The molecule has 8 heteroatoms. The average molecular weight is 433 g/mol. The van der Waals surface area contributed by atoms with Crippen LogP contribution in [-0.4, -0.2) is 57.7 Å². The number of aliphatic hydroxyl groups excluding tert-OH is 1. The monoisotopic (exact) mass is 432 g/mol. The highest BCUT2D eigenvalue weighted by Crippen LogP contribution is 2.27. The third kappa shape index (κ3) is 4.44. The number of anilines is 1. The molecule has 7 nitrogen and oxygen atoms in total. The summed E-state index contributed by atoms with van der Waals surface area (Å²) in [6, 6.07) is 12.4. The number of hydrogen-bond acceptors (Lipinski definition) is 5. The van der Waals surface area contributed by atoms with Crippen molar-refractivity contribution in [2.24, 2.45) is 0 Å². The van der Waals surface area contributed by atoms with Crippen LogP contribution in [0.25, 0.3) is 0 Å². The fourth-order valence-electron chi connectivity index (χ4n) is 3.78. The largest absolute Gasteiger partial charge is 0.497 e. The molecule has 1 saturated carbocycles. The molecule has 0 spiro atoms. The van der Waals surface area contributed by atoms with Gasteiger partial charge in [-0.15, -0.1) is 0 Å². The molecule has 3 rings (SSSR count). The number of ether oxygens (including phenoxy) is 1. The van der Waals surface area contributed by atoms with E-state index < -0.39 is 16.1 Å². The number of carbonyl (C=O) groups is 1. The van der Waals surface area contributed by atoms with E-state index in [0.717, 1.165) is 23.6 Å². The number of amides is 1. The van der Waals surface area contributed by atoms with Gasteiger partial charge < -0.3 is 14.7 Å². The lowest BCUT2D eigenvalue weighted by molar-refractivity contribution is 0.0268. The van der Waals surface area contributed by atoms with Crippen molar-refractivity contribution in [1.29, 1.82) is 0 Å². The van der Waals surface area contributed by atoms with Gasteiger partial charge in [-0.25, -0.2) is 8.42 Å². The average Bonchev–Trinajstić information content (AvgIpc) is 2.78. The smallest absolute Gasteiger partial charge is 0.264 e. The fourth-order valence-corrected chi connectivity index (χ4v) is 4.96. The number of methoxy groups -OCH3 is 1. The highest BCUT2D eigenvalue weighted by Gasteiger charge is 2.30. The van der Waals surface area contributed by atoms with Gasteiger partial charge in [-0.2, -0.15) is 0 Å². The van der Waals surface area contributed by atoms with Gasteiger partial charge in [0.2, 0.25) is 0 Å². The minimum atomic E-state index is -3.80. The van der Waals surface area contributed by atoms with Gasteiger partial charge in [0.25, 0.3) is 15.9 Å². The number of rotatable bonds is 6. The number of hydrogen-bond donors (Lipinski definition) is 1. The zero-order valence-electron chi connectivity index (χ0n) is 17.5. The Morgan fingerprint density at radius 3 is 2.37 bits per heavy atom. The van der Waals surface area contributed by atoms with E-state index in [-0.39, 0.29) is 16.8 Å². The van der Waals surface area contributed by atoms with Crippen LogP contribution in [0.2, 0.25) is 0 Å². The Morgan fingerprint density at radius 2 is 1.73 bits per heavy atom. The van der Waals surface area contributed by atoms with Crippen molar-refractivity contribution in [3.05, 3.63) is 54.1 Å². The summed E-state index contributed by atoms with van der Waals surface area (Å²) in [5.74, 6) is 0.329. The van der Waals surface area contributed by atoms with Crippen LogP contribution >= 0.6 is 0 Å². The molecule has 0 heterocycles. The van der Waals surface area contributed by atoms with E-state index in [1.807, 2.05) is 0 Å². The lowest BCUT2D eigenvalue weighted by Gasteiger charge is -2.35. The van der Waals surface area contributed by atoms with E-state index in [1.54, 1.807) is 48.3 Å². The van der Waals surface area contributed by atoms with Crippen molar-refractivity contribution >= 4 is 21.6 Å². The van der Waals surface area contributed by atoms with Crippen molar-refractivity contribution in [2.45, 2.75) is 42.7 Å². The summed E-state index contributed by atoms with van der Waals surface area (Å²) < 4.78 is 32.2. The zero-order chi connectivity index (χ0) is 21.9. The molecule has 0 saturated heterocycles. The quantitative estimate of drug-likeness (QED) is 0.758. The predicted octanol–water partition coefficient (Wildman–Crippen LogP) is 2.90. The summed E-state index contributed by atoms with van der Waals surface area (Å²) in [6.45, 7) is 0. The van der Waals surface area contributed by atoms with Gasteiger partial charge in [0, 0.05) is 19.7 Å². The summed E-state index contributed by atoms with van der Waals surface area (Å²) in [6.07, 6.45) is 2.85. The van der Waals surface area contributed by atoms with E-state index in [0.29, 0.717) is 23.4 Å². The van der Waals surface area contributed by atoms with Gasteiger partial charge in [0.1, 0.15) is 5.75 Å². The Bertz CT molecular complexity index is 991. The number of benzene rings is 2. The highest BCUT2D eigenvalue weighted by molar-refractivity contribution is 7.92. The number of sulfonamides is 1. The first-order valence-corrected chi connectivity index (χ1v) is 11.4. The molecule has 1 N–H and O–H groups in total. The molecule has 162 valence electrons. The molecule has 1 aliphatic carbocycles. The summed E-state index contributed by atoms with van der Waals surface area (Å²) >= 11 is 0. The van der Waals surface area contributed by atoms with E-state index in [9.17, 15) is 18.3 Å². The molecule has 1 aliphatic rings. The molecule has 0 radical (unpaired) electrons. The number of aliphatic hydroxyl groups is 1. The van der Waals surface area contributed by atoms with E-state index >= 15 is 0 Å². The van der Waals surface area contributed by atoms with Crippen molar-refractivity contribution in [3.8, 4) is 5.75 Å². The second-order valence-corrected chi connectivity index (χ2v) is 9.50. The van der Waals surface area contributed by atoms with Crippen LogP contribution in [0.4, 0.5) is 5.69 Å². The van der Waals surface area contributed by atoms with E-state index in [4.69, 9.17) is 4.74 Å². The van der Waals surface area contributed by atoms with Crippen LogP contribution in [-0.2, 0) is 10.0 Å². The molecule has 0 aromatic heterocycles. The summed E-state index contributed by atoms with van der Waals surface area (Å²) in [5, 5.41) is 10.3. The van der Waals surface area contributed by atoms with Gasteiger partial charge in [-0.05, 0) is 55.3 Å². The first-order valence-electron chi connectivity index (χ1n) is 9.94. The van der Waals surface area contributed by atoms with Gasteiger partial charge in [-0.3, -0.25) is 9.10 Å². The molecule has 0 unspecified atom stereocenters. The minimum absolute atomic E-state index is 0.130. The zero-order valence-corrected chi connectivity index (χ0v) is 18.3. The minimum Gasteiger partial charge on any atom is -0.497 e. The molecule has 0 bridgehead atoms. The SMILES string of the molecule is COc1ccc(S(=O)(=O)N(C)c2cccc(C(=O)N(C)[C@@H]3CCCC[C@H]3O)c2)cc1. The third-order valence-corrected chi connectivity index (χ3v) is 7.49. The van der Waals surface area contributed by atoms with E-state index in [1.165, 1.54) is 26.3 Å². The second-order valence-electron chi connectivity index (χ2n) is 7.53. The van der Waals surface area contributed by atoms with Crippen LogP contribution in [0.1, 0.15) is 36.0 Å². The predicted molar refractivity (Wildman–Crippen MR) is 115 cm³/mol. The summed E-state index contributed by atoms with van der Waals surface area (Å²) in [4.78, 5) is 14.7. The lowest BCUT2D eigenvalue weighted by Crippen LogP contribution is -2.46. The van der Waals surface area contributed by atoms with Crippen LogP contribution in [0.15, 0.2) is 53.4 Å². The lowest BCUT2D eigenvalue weighted by atomic mass is 9.91. The van der Waals surface area contributed by atoms with Crippen LogP contribution in [0.3, 0.4) is 0 Å². The highest BCUT2D eigenvalue weighted by atomic mass is 32.2. The molecule has 30 heavy (non-hydrogen) atoms. The number of likely N-dealkylation sites (N-methyl/N-ethyl adjacent to an activating group) is 1. The van der Waals surface area contributed by atoms with Crippen LogP contribution in [0.5, 0.6) is 5.75 Å². The van der Waals surface area contributed by atoms with Gasteiger partial charge in [0.05, 0.1) is 29.8 Å². The number of carbonyl (C=O) groups excluding carboxylic acids is 1. The van der Waals surface area contributed by atoms with Gasteiger partial charge in [-0.1, -0.05) is 18.9 Å². The summed E-state index contributed by atoms with van der Waals surface area (Å²) in [7, 11) is 0.862. The van der Waals surface area contributed by atoms with Crippen LogP contribution < -0.4 is 9.04 Å². The first-order chi connectivity index (χ1) is 14.3. The maximum atomic E-state index is 13.0. The Morgan fingerprint density at radius 1 is 1.07 bits per heavy atom. The Balaban J connectivity index is 1.83. The normalized spacial score (nSPS) is 19.2. The van der Waals surface area contributed by atoms with Crippen molar-refractivity contribution < 1.29 is 23.1 Å². The molecule has 0 aliphatic heterocycles. The fraction of sp³-hybridized carbons (Fsp3) is 0.409. The van der Waals surface area contributed by atoms with E-state index in [2.05, 4.69) is 0 Å². The maximum absolute atomic E-state index is 13.0. The second kappa shape index (κ2) is 9.06. The summed E-state index contributed by atoms with van der Waals surface area (Å²) in [5.41, 5.74) is 0.763. The molecular weight excluding hydrogens is 404 g/mol. The topological polar surface area (TPSA) is 87.2 Å². The Kier molecular flexibility index (Phi) is 6.67. The molecule has 2 atom stereocenters. The third-order valence-electron chi connectivity index (χ3n) is 5.69. The molecule has 2 aromatic carbocycles. The molecule has 2 aromatic rings. The number of nitrogens with zero attached hydrogens (tertiary/aromatic N) is 2. The van der Waals surface area contributed by atoms with Gasteiger partial charge >= 0.3 is 0 Å². The van der Waals surface area contributed by atoms with Crippen molar-refractivity contribution in [2.75, 3.05) is 25.5 Å². The van der Waals surface area contributed by atoms with Gasteiger partial charge in [0.15, 0.2) is 0 Å². The van der Waals surface area contributed by atoms with Crippen LogP contribution in [0, 0.1) is 0 Å². The Hall–Kier alpha value is -2.58. The maximum Gasteiger partial charge on any atom is 0.264 e. The Labute approximate surface area is 177 Å². The molecule has 1 fully saturated rings. The standard InChI is InChI=1S/C22H28N2O5S/c1-23(20-9-4-5-10-21(20)25)22(26)16-7-6-8-17(15-16)24(2)30(27,28)19-13-11-18(29-3)12-14-19/h6-8,11-15,20-21,25H,4-5,9-10H2,1-3H3/t20-,21-/m1/s1.